The fraction of sp³-hybridized carbons (Fsp3) is 0.588. The van der Waals surface area contributed by atoms with E-state index < -0.39 is 0 Å². The van der Waals surface area contributed by atoms with Crippen molar-refractivity contribution in [3.05, 3.63) is 29.3 Å². The van der Waals surface area contributed by atoms with E-state index in [4.69, 9.17) is 0 Å². The summed E-state index contributed by atoms with van der Waals surface area (Å²) < 4.78 is 0. The van der Waals surface area contributed by atoms with Gasteiger partial charge in [0.05, 0.1) is 6.04 Å². The van der Waals surface area contributed by atoms with Crippen LogP contribution in [0.25, 0.3) is 0 Å². The van der Waals surface area contributed by atoms with Crippen LogP contribution in [0.2, 0.25) is 0 Å². The van der Waals surface area contributed by atoms with Crippen LogP contribution in [0.4, 0.5) is 5.69 Å². The number of para-hydroxylation sites is 1. The van der Waals surface area contributed by atoms with Crippen molar-refractivity contribution in [1.29, 1.82) is 0 Å². The van der Waals surface area contributed by atoms with E-state index in [0.29, 0.717) is 5.92 Å². The molecule has 0 spiro atoms. The van der Waals surface area contributed by atoms with Gasteiger partial charge in [0.1, 0.15) is 0 Å². The van der Waals surface area contributed by atoms with Crippen LogP contribution in [-0.2, 0) is 17.6 Å². The summed E-state index contributed by atoms with van der Waals surface area (Å²) in [5.74, 6) is 0.524. The molecule has 0 aliphatic carbocycles. The third-order valence-corrected chi connectivity index (χ3v) is 4.30. The highest BCUT2D eigenvalue weighted by Gasteiger charge is 2.27. The molecule has 0 bridgehead atoms. The van der Waals surface area contributed by atoms with Crippen LogP contribution < -0.4 is 10.6 Å². The van der Waals surface area contributed by atoms with Gasteiger partial charge in [-0.3, -0.25) is 4.79 Å². The molecule has 20 heavy (non-hydrogen) atoms. The van der Waals surface area contributed by atoms with Crippen LogP contribution in [0.3, 0.4) is 0 Å². The number of hydrogen-bond acceptors (Lipinski definition) is 2. The number of piperidine rings is 1. The van der Waals surface area contributed by atoms with E-state index in [0.717, 1.165) is 37.9 Å². The number of benzene rings is 1. The average Bonchev–Trinajstić information content (AvgIpc) is 2.47. The maximum absolute atomic E-state index is 12.5. The molecule has 1 aliphatic heterocycles. The number of hydrogen-bond donors (Lipinski definition) is 2. The van der Waals surface area contributed by atoms with E-state index >= 15 is 0 Å². The van der Waals surface area contributed by atoms with Gasteiger partial charge in [-0.2, -0.15) is 0 Å². The summed E-state index contributed by atoms with van der Waals surface area (Å²) in [7, 11) is 0. The van der Waals surface area contributed by atoms with Gasteiger partial charge in [0, 0.05) is 5.69 Å². The van der Waals surface area contributed by atoms with Crippen molar-refractivity contribution >= 4 is 11.6 Å². The van der Waals surface area contributed by atoms with E-state index in [1.165, 1.54) is 11.1 Å². The number of nitrogens with one attached hydrogen (secondary N) is 2. The second-order valence-electron chi connectivity index (χ2n) is 5.70. The molecule has 2 N–H and O–H groups in total. The number of rotatable bonds is 4. The average molecular weight is 274 g/mol. The van der Waals surface area contributed by atoms with Crippen molar-refractivity contribution in [2.24, 2.45) is 5.92 Å². The van der Waals surface area contributed by atoms with Crippen molar-refractivity contribution in [3.8, 4) is 0 Å². The molecule has 1 amide bonds. The molecule has 1 aliphatic rings. The van der Waals surface area contributed by atoms with E-state index in [1.54, 1.807) is 0 Å². The molecule has 1 aromatic rings. The Bertz CT molecular complexity index is 448. The molecule has 110 valence electrons. The largest absolute Gasteiger partial charge is 0.324 e. The predicted molar refractivity (Wildman–Crippen MR) is 84.0 cm³/mol. The van der Waals surface area contributed by atoms with Crippen LogP contribution in [0.15, 0.2) is 18.2 Å². The molecule has 1 saturated heterocycles. The minimum absolute atomic E-state index is 0.0571. The summed E-state index contributed by atoms with van der Waals surface area (Å²) in [6.07, 6.45) is 4.17. The zero-order valence-electron chi connectivity index (χ0n) is 12.8. The molecule has 0 aromatic heterocycles. The van der Waals surface area contributed by atoms with Gasteiger partial charge in [-0.25, -0.2) is 0 Å². The molecule has 1 fully saturated rings. The highest BCUT2D eigenvalue weighted by atomic mass is 16.2. The van der Waals surface area contributed by atoms with Gasteiger partial charge in [-0.1, -0.05) is 39.0 Å². The van der Waals surface area contributed by atoms with Crippen molar-refractivity contribution in [2.45, 2.75) is 52.5 Å². The number of carbonyl (C=O) groups excluding carboxylic acids is 1. The van der Waals surface area contributed by atoms with E-state index in [9.17, 15) is 4.79 Å². The summed E-state index contributed by atoms with van der Waals surface area (Å²) >= 11 is 0. The van der Waals surface area contributed by atoms with Gasteiger partial charge >= 0.3 is 0 Å². The Hall–Kier alpha value is -1.35. The maximum atomic E-state index is 12.5. The van der Waals surface area contributed by atoms with Gasteiger partial charge < -0.3 is 10.6 Å². The van der Waals surface area contributed by atoms with Crippen LogP contribution >= 0.6 is 0 Å². The first-order chi connectivity index (χ1) is 9.67. The van der Waals surface area contributed by atoms with Gasteiger partial charge in [0.25, 0.3) is 0 Å². The minimum Gasteiger partial charge on any atom is -0.324 e. The Morgan fingerprint density at radius 1 is 1.30 bits per heavy atom. The molecular weight excluding hydrogens is 248 g/mol. The van der Waals surface area contributed by atoms with Gasteiger partial charge in [0.2, 0.25) is 5.91 Å². The highest BCUT2D eigenvalue weighted by molar-refractivity contribution is 5.96. The third-order valence-electron chi connectivity index (χ3n) is 4.30. The molecular formula is C17H26N2O. The van der Waals surface area contributed by atoms with E-state index in [2.05, 4.69) is 49.6 Å². The monoisotopic (exact) mass is 274 g/mol. The second kappa shape index (κ2) is 6.89. The first-order valence-corrected chi connectivity index (χ1v) is 7.82. The lowest BCUT2D eigenvalue weighted by molar-refractivity contribution is -0.119. The fourth-order valence-corrected chi connectivity index (χ4v) is 3.00. The SMILES string of the molecule is CCc1cccc(CC)c1NC(=O)C1NCCCC1C. The lowest BCUT2D eigenvalue weighted by Crippen LogP contribution is -2.48. The van der Waals surface area contributed by atoms with Crippen LogP contribution in [-0.4, -0.2) is 18.5 Å². The first-order valence-electron chi connectivity index (χ1n) is 7.82. The zero-order chi connectivity index (χ0) is 14.5. The molecule has 3 nitrogen and oxygen atoms in total. The number of carbonyl (C=O) groups is 1. The minimum atomic E-state index is -0.0571. The molecule has 3 heteroatoms. The molecule has 2 rings (SSSR count). The normalized spacial score (nSPS) is 22.6. The van der Waals surface area contributed by atoms with Crippen molar-refractivity contribution < 1.29 is 4.79 Å². The van der Waals surface area contributed by atoms with E-state index in [1.807, 2.05) is 0 Å². The van der Waals surface area contributed by atoms with Crippen molar-refractivity contribution in [1.82, 2.24) is 5.32 Å². The topological polar surface area (TPSA) is 41.1 Å². The Kier molecular flexibility index (Phi) is 5.18. The lowest BCUT2D eigenvalue weighted by atomic mass is 9.92. The van der Waals surface area contributed by atoms with Crippen LogP contribution in [0.1, 0.15) is 44.7 Å². The predicted octanol–water partition coefficient (Wildman–Crippen LogP) is 3.14. The van der Waals surface area contributed by atoms with Crippen molar-refractivity contribution in [3.63, 3.8) is 0 Å². The molecule has 1 aromatic carbocycles. The molecule has 2 unspecified atom stereocenters. The Morgan fingerprint density at radius 3 is 2.50 bits per heavy atom. The highest BCUT2D eigenvalue weighted by Crippen LogP contribution is 2.24. The quantitative estimate of drug-likeness (QED) is 0.885. The Labute approximate surface area is 122 Å². The Morgan fingerprint density at radius 2 is 1.95 bits per heavy atom. The van der Waals surface area contributed by atoms with E-state index in [-0.39, 0.29) is 11.9 Å². The number of amides is 1. The van der Waals surface area contributed by atoms with Crippen LogP contribution in [0.5, 0.6) is 0 Å². The number of aryl methyl sites for hydroxylation is 2. The maximum Gasteiger partial charge on any atom is 0.241 e. The standard InChI is InChI=1S/C17H26N2O/c1-4-13-9-6-10-14(5-2)16(13)19-17(20)15-12(3)8-7-11-18-15/h6,9-10,12,15,18H,4-5,7-8,11H2,1-3H3,(H,19,20). The summed E-state index contributed by atoms with van der Waals surface area (Å²) in [5.41, 5.74) is 3.48. The van der Waals surface area contributed by atoms with Gasteiger partial charge in [-0.15, -0.1) is 0 Å². The summed E-state index contributed by atoms with van der Waals surface area (Å²) in [6, 6.07) is 6.23. The molecule has 2 atom stereocenters. The fourth-order valence-electron chi connectivity index (χ4n) is 3.00. The third kappa shape index (κ3) is 3.21. The summed E-state index contributed by atoms with van der Waals surface area (Å²) in [5, 5.41) is 6.53. The summed E-state index contributed by atoms with van der Waals surface area (Å²) in [6.45, 7) is 7.36. The smallest absolute Gasteiger partial charge is 0.241 e. The first kappa shape index (κ1) is 15.0. The molecule has 0 radical (unpaired) electrons. The second-order valence-corrected chi connectivity index (χ2v) is 5.70. The van der Waals surface area contributed by atoms with Crippen molar-refractivity contribution in [2.75, 3.05) is 11.9 Å². The van der Waals surface area contributed by atoms with Crippen LogP contribution in [0, 0.1) is 5.92 Å². The lowest BCUT2D eigenvalue weighted by Gasteiger charge is -2.29. The zero-order valence-corrected chi connectivity index (χ0v) is 12.8. The number of anilines is 1. The van der Waals surface area contributed by atoms with Gasteiger partial charge in [-0.05, 0) is 49.3 Å². The summed E-state index contributed by atoms with van der Waals surface area (Å²) in [4.78, 5) is 12.5. The molecule has 0 saturated carbocycles. The van der Waals surface area contributed by atoms with Gasteiger partial charge in [0.15, 0.2) is 0 Å². The molecule has 1 heterocycles. The Balaban J connectivity index is 2.18.